The Bertz CT molecular complexity index is 115. The minimum Gasteiger partial charge on any atom is -0.545 e. The van der Waals surface area contributed by atoms with Crippen LogP contribution in [0, 0.1) is 0 Å². The third-order valence-electron chi connectivity index (χ3n) is 0.719. The molecule has 8 heavy (non-hydrogen) atoms. The van der Waals surface area contributed by atoms with E-state index in [9.17, 15) is 9.90 Å². The molecule has 0 unspecified atom stereocenters. The molecule has 0 saturated carbocycles. The van der Waals surface area contributed by atoms with Gasteiger partial charge in [0.1, 0.15) is 0 Å². The minimum absolute atomic E-state index is 0.0625. The topological polar surface area (TPSA) is 60.4 Å². The molecule has 0 aliphatic carbocycles. The number of aliphatic hydroxyl groups is 1. The maximum Gasteiger partial charge on any atom is 0.0669 e. The number of hydrogen-bond acceptors (Lipinski definition) is 3. The molecule has 0 aliphatic rings. The van der Waals surface area contributed by atoms with E-state index in [4.69, 9.17) is 5.11 Å². The highest BCUT2D eigenvalue weighted by Gasteiger charge is 1.83. The molecule has 0 aromatic heterocycles. The lowest BCUT2D eigenvalue weighted by Crippen LogP contribution is -2.23. The van der Waals surface area contributed by atoms with Crippen LogP contribution in [-0.2, 0) is 4.79 Å². The third kappa shape index (κ3) is 2.36. The fraction of sp³-hybridized carbons (Fsp3) is 0.400. The summed E-state index contributed by atoms with van der Waals surface area (Å²) in [6.45, 7) is 1.12. The van der Waals surface area contributed by atoms with Gasteiger partial charge in [0.2, 0.25) is 0 Å². The second-order valence-electron chi connectivity index (χ2n) is 1.36. The molecule has 0 atom stereocenters. The van der Waals surface area contributed by atoms with E-state index < -0.39 is 5.97 Å². The first-order valence-electron chi connectivity index (χ1n) is 2.17. The predicted octanol–water partition coefficient (Wildman–Crippen LogP) is -1.33. The second-order valence-corrected chi connectivity index (χ2v) is 1.36. The van der Waals surface area contributed by atoms with Gasteiger partial charge >= 0.3 is 0 Å². The molecule has 1 N–H and O–H groups in total. The van der Waals surface area contributed by atoms with Crippen LogP contribution in [0.2, 0.25) is 0 Å². The summed E-state index contributed by atoms with van der Waals surface area (Å²) in [4.78, 5) is 9.80. The van der Waals surface area contributed by atoms with Gasteiger partial charge in [-0.05, 0) is 12.5 Å². The largest absolute Gasteiger partial charge is 0.545 e. The van der Waals surface area contributed by atoms with Crippen LogP contribution in [0.5, 0.6) is 0 Å². The zero-order chi connectivity index (χ0) is 6.57. The molecule has 0 aromatic rings. The van der Waals surface area contributed by atoms with Crippen LogP contribution >= 0.6 is 0 Å². The van der Waals surface area contributed by atoms with Gasteiger partial charge in [0.15, 0.2) is 0 Å². The van der Waals surface area contributed by atoms with Gasteiger partial charge < -0.3 is 15.0 Å². The fourth-order valence-electron chi connectivity index (χ4n) is 0.220. The Kier molecular flexibility index (Phi) is 2.88. The number of aliphatic hydroxyl groups excluding tert-OH is 1. The average Bonchev–Trinajstić information content (AvgIpc) is 1.67. The molecule has 0 bridgehead atoms. The van der Waals surface area contributed by atoms with Crippen molar-refractivity contribution in [3.05, 3.63) is 11.6 Å². The highest BCUT2D eigenvalue weighted by Crippen LogP contribution is 1.85. The van der Waals surface area contributed by atoms with E-state index in [1.54, 1.807) is 0 Å². The Morgan fingerprint density at radius 3 is 2.50 bits per heavy atom. The standard InChI is InChI=1S/C5H8O3/c1-4(2-3-6)5(7)8/h2,6H,3H2,1H3,(H,7,8)/p-1. The number of aliphatic carboxylic acids is 1. The molecule has 3 heteroatoms. The van der Waals surface area contributed by atoms with Crippen LogP contribution < -0.4 is 5.11 Å². The van der Waals surface area contributed by atoms with Crippen molar-refractivity contribution in [2.45, 2.75) is 6.92 Å². The third-order valence-corrected chi connectivity index (χ3v) is 0.719. The van der Waals surface area contributed by atoms with Gasteiger partial charge in [0, 0.05) is 0 Å². The number of carbonyl (C=O) groups is 1. The summed E-state index contributed by atoms with van der Waals surface area (Å²) in [5.74, 6) is -1.24. The molecule has 0 spiro atoms. The van der Waals surface area contributed by atoms with Crippen LogP contribution in [0.4, 0.5) is 0 Å². The van der Waals surface area contributed by atoms with Crippen molar-refractivity contribution in [2.75, 3.05) is 6.61 Å². The van der Waals surface area contributed by atoms with Gasteiger partial charge in [-0.1, -0.05) is 6.08 Å². The Morgan fingerprint density at radius 2 is 2.38 bits per heavy atom. The van der Waals surface area contributed by atoms with E-state index in [0.29, 0.717) is 0 Å². The quantitative estimate of drug-likeness (QED) is 0.454. The van der Waals surface area contributed by atoms with Crippen molar-refractivity contribution < 1.29 is 15.0 Å². The SMILES string of the molecule is CC(=CCO)C(=O)[O-]. The molecular formula is C5H7O3-. The summed E-state index contributed by atoms with van der Waals surface area (Å²) in [5.41, 5.74) is 0.0625. The zero-order valence-corrected chi connectivity index (χ0v) is 4.55. The summed E-state index contributed by atoms with van der Waals surface area (Å²) < 4.78 is 0. The lowest BCUT2D eigenvalue weighted by Gasteiger charge is -1.97. The smallest absolute Gasteiger partial charge is 0.0669 e. The molecule has 46 valence electrons. The predicted molar refractivity (Wildman–Crippen MR) is 25.8 cm³/mol. The van der Waals surface area contributed by atoms with Gasteiger partial charge in [-0.25, -0.2) is 0 Å². The van der Waals surface area contributed by atoms with Crippen molar-refractivity contribution in [3.8, 4) is 0 Å². The number of carboxylic acids is 1. The minimum atomic E-state index is -1.24. The molecule has 0 saturated heterocycles. The van der Waals surface area contributed by atoms with Crippen molar-refractivity contribution in [2.24, 2.45) is 0 Å². The van der Waals surface area contributed by atoms with Gasteiger partial charge in [-0.3, -0.25) is 0 Å². The lowest BCUT2D eigenvalue weighted by atomic mass is 10.3. The fourth-order valence-corrected chi connectivity index (χ4v) is 0.220. The zero-order valence-electron chi connectivity index (χ0n) is 4.55. The van der Waals surface area contributed by atoms with Crippen molar-refractivity contribution >= 4 is 5.97 Å². The molecule has 0 amide bonds. The maximum atomic E-state index is 9.80. The highest BCUT2D eigenvalue weighted by atomic mass is 16.4. The maximum absolute atomic E-state index is 9.80. The van der Waals surface area contributed by atoms with Gasteiger partial charge in [0.05, 0.1) is 12.6 Å². The summed E-state index contributed by atoms with van der Waals surface area (Å²) in [5, 5.41) is 17.9. The Hall–Kier alpha value is -0.830. The van der Waals surface area contributed by atoms with Crippen LogP contribution in [0.3, 0.4) is 0 Å². The van der Waals surface area contributed by atoms with E-state index in [1.165, 1.54) is 13.0 Å². The monoisotopic (exact) mass is 115 g/mol. The Balaban J connectivity index is 3.80. The first kappa shape index (κ1) is 7.17. The number of carbonyl (C=O) groups excluding carboxylic acids is 1. The Labute approximate surface area is 47.3 Å². The van der Waals surface area contributed by atoms with Crippen LogP contribution in [0.25, 0.3) is 0 Å². The van der Waals surface area contributed by atoms with Crippen LogP contribution in [0.1, 0.15) is 6.92 Å². The number of carboxylic acid groups (broad SMARTS) is 1. The first-order valence-corrected chi connectivity index (χ1v) is 2.17. The summed E-state index contributed by atoms with van der Waals surface area (Å²) >= 11 is 0. The van der Waals surface area contributed by atoms with Gasteiger partial charge in [-0.2, -0.15) is 0 Å². The van der Waals surface area contributed by atoms with E-state index >= 15 is 0 Å². The van der Waals surface area contributed by atoms with Crippen molar-refractivity contribution in [1.29, 1.82) is 0 Å². The summed E-state index contributed by atoms with van der Waals surface area (Å²) in [6, 6.07) is 0. The molecule has 0 radical (unpaired) electrons. The van der Waals surface area contributed by atoms with Crippen molar-refractivity contribution in [1.82, 2.24) is 0 Å². The van der Waals surface area contributed by atoms with Crippen LogP contribution in [-0.4, -0.2) is 17.7 Å². The average molecular weight is 115 g/mol. The van der Waals surface area contributed by atoms with Gasteiger partial charge in [0.25, 0.3) is 0 Å². The molecule has 0 fully saturated rings. The Morgan fingerprint density at radius 1 is 1.88 bits per heavy atom. The van der Waals surface area contributed by atoms with E-state index in [0.717, 1.165) is 0 Å². The van der Waals surface area contributed by atoms with Crippen molar-refractivity contribution in [3.63, 3.8) is 0 Å². The number of rotatable bonds is 2. The molecule has 0 rings (SSSR count). The number of hydrogen-bond donors (Lipinski definition) is 1. The van der Waals surface area contributed by atoms with E-state index in [1.807, 2.05) is 0 Å². The first-order chi connectivity index (χ1) is 3.68. The second kappa shape index (κ2) is 3.21. The van der Waals surface area contributed by atoms with Crippen LogP contribution in [0.15, 0.2) is 11.6 Å². The highest BCUT2D eigenvalue weighted by molar-refractivity contribution is 5.83. The molecule has 3 nitrogen and oxygen atoms in total. The molecule has 0 aliphatic heterocycles. The summed E-state index contributed by atoms with van der Waals surface area (Å²) in [7, 11) is 0. The molecular weight excluding hydrogens is 108 g/mol. The normalized spacial score (nSPS) is 11.5. The molecule has 0 heterocycles. The summed E-state index contributed by atoms with van der Waals surface area (Å²) in [6.07, 6.45) is 1.18. The van der Waals surface area contributed by atoms with Gasteiger partial charge in [-0.15, -0.1) is 0 Å². The lowest BCUT2D eigenvalue weighted by molar-refractivity contribution is -0.299. The van der Waals surface area contributed by atoms with E-state index in [2.05, 4.69) is 0 Å². The van der Waals surface area contributed by atoms with E-state index in [-0.39, 0.29) is 12.2 Å². The molecule has 0 aromatic carbocycles.